The number of hydrogen-bond acceptors (Lipinski definition) is 3. The van der Waals surface area contributed by atoms with Crippen molar-refractivity contribution >= 4 is 22.4 Å². The average Bonchev–Trinajstić information content (AvgIpc) is 2.38. The molecule has 0 saturated heterocycles. The first-order chi connectivity index (χ1) is 9.08. The molecule has 1 unspecified atom stereocenters. The second kappa shape index (κ2) is 7.94. The molecule has 4 nitrogen and oxygen atoms in total. The fourth-order valence-electron chi connectivity index (χ4n) is 1.75. The maximum absolute atomic E-state index is 12.0. The van der Waals surface area contributed by atoms with Crippen LogP contribution in [0.25, 0.3) is 0 Å². The van der Waals surface area contributed by atoms with Gasteiger partial charge in [-0.3, -0.25) is 9.00 Å². The van der Waals surface area contributed by atoms with Gasteiger partial charge in [0.05, 0.1) is 0 Å². The van der Waals surface area contributed by atoms with Gasteiger partial charge in [-0.05, 0) is 37.6 Å². The van der Waals surface area contributed by atoms with Crippen LogP contribution in [-0.4, -0.2) is 34.7 Å². The van der Waals surface area contributed by atoms with Gasteiger partial charge in [0.1, 0.15) is 0 Å². The summed E-state index contributed by atoms with van der Waals surface area (Å²) in [6, 6.07) is 5.68. The van der Waals surface area contributed by atoms with Crippen molar-refractivity contribution < 1.29 is 9.00 Å². The first-order valence-corrected chi connectivity index (χ1v) is 8.05. The topological polar surface area (TPSA) is 58.2 Å². The van der Waals surface area contributed by atoms with Gasteiger partial charge < -0.3 is 10.6 Å². The summed E-state index contributed by atoms with van der Waals surface area (Å²) >= 11 is 0. The largest absolute Gasteiger partial charge is 0.385 e. The highest BCUT2D eigenvalue weighted by Gasteiger charge is 2.09. The minimum atomic E-state index is -0.836. The molecular formula is C14H22N2O2S. The number of aryl methyl sites for hydroxylation is 1. The van der Waals surface area contributed by atoms with Gasteiger partial charge in [-0.2, -0.15) is 0 Å². The molecule has 1 atom stereocenters. The van der Waals surface area contributed by atoms with Crippen LogP contribution in [-0.2, 0) is 10.8 Å². The maximum Gasteiger partial charge on any atom is 0.251 e. The second-order valence-electron chi connectivity index (χ2n) is 4.25. The SMILES string of the molecule is CCNc1ccc(C(=O)NCCS(=O)CC)c(C)c1. The van der Waals surface area contributed by atoms with Gasteiger partial charge in [-0.1, -0.05) is 6.92 Å². The highest BCUT2D eigenvalue weighted by Crippen LogP contribution is 2.14. The van der Waals surface area contributed by atoms with Crippen molar-refractivity contribution in [3.63, 3.8) is 0 Å². The van der Waals surface area contributed by atoms with E-state index in [9.17, 15) is 9.00 Å². The van der Waals surface area contributed by atoms with Crippen molar-refractivity contribution in [2.75, 3.05) is 29.9 Å². The van der Waals surface area contributed by atoms with E-state index < -0.39 is 10.8 Å². The van der Waals surface area contributed by atoms with E-state index in [1.165, 1.54) is 0 Å². The van der Waals surface area contributed by atoms with E-state index in [-0.39, 0.29) is 5.91 Å². The van der Waals surface area contributed by atoms with Crippen molar-refractivity contribution in [1.82, 2.24) is 5.32 Å². The van der Waals surface area contributed by atoms with E-state index in [0.717, 1.165) is 17.8 Å². The minimum absolute atomic E-state index is 0.103. The summed E-state index contributed by atoms with van der Waals surface area (Å²) in [5.41, 5.74) is 2.63. The van der Waals surface area contributed by atoms with Gasteiger partial charge in [-0.15, -0.1) is 0 Å². The Kier molecular flexibility index (Phi) is 6.56. The monoisotopic (exact) mass is 282 g/mol. The predicted octanol–water partition coefficient (Wildman–Crippen LogP) is 1.93. The molecule has 0 fully saturated rings. The molecule has 1 aromatic rings. The Labute approximate surface area is 117 Å². The molecule has 0 aliphatic carbocycles. The molecule has 2 N–H and O–H groups in total. The van der Waals surface area contributed by atoms with Crippen LogP contribution in [0.1, 0.15) is 29.8 Å². The van der Waals surface area contributed by atoms with Crippen LogP contribution in [0.3, 0.4) is 0 Å². The van der Waals surface area contributed by atoms with Crippen LogP contribution in [0.4, 0.5) is 5.69 Å². The van der Waals surface area contributed by atoms with Gasteiger partial charge in [-0.25, -0.2) is 0 Å². The van der Waals surface area contributed by atoms with Gasteiger partial charge in [0, 0.05) is 46.6 Å². The number of amides is 1. The zero-order chi connectivity index (χ0) is 14.3. The molecule has 1 amide bonds. The number of nitrogens with one attached hydrogen (secondary N) is 2. The van der Waals surface area contributed by atoms with Gasteiger partial charge in [0.2, 0.25) is 0 Å². The standard InChI is InChI=1S/C14H22N2O2S/c1-4-15-12-6-7-13(11(3)10-12)14(17)16-8-9-19(18)5-2/h6-7,10,15H,4-5,8-9H2,1-3H3,(H,16,17). The Hall–Kier alpha value is -1.36. The van der Waals surface area contributed by atoms with Crippen molar-refractivity contribution in [3.05, 3.63) is 29.3 Å². The quantitative estimate of drug-likeness (QED) is 0.803. The van der Waals surface area contributed by atoms with Crippen molar-refractivity contribution in [3.8, 4) is 0 Å². The Bertz CT molecular complexity index is 461. The average molecular weight is 282 g/mol. The van der Waals surface area contributed by atoms with E-state index >= 15 is 0 Å². The zero-order valence-electron chi connectivity index (χ0n) is 11.8. The molecule has 106 valence electrons. The Balaban J connectivity index is 2.59. The Morgan fingerprint density at radius 2 is 2.05 bits per heavy atom. The lowest BCUT2D eigenvalue weighted by Crippen LogP contribution is -2.28. The van der Waals surface area contributed by atoms with Crippen molar-refractivity contribution in [2.24, 2.45) is 0 Å². The summed E-state index contributed by atoms with van der Waals surface area (Å²) in [7, 11) is -0.836. The van der Waals surface area contributed by atoms with E-state index in [0.29, 0.717) is 23.6 Å². The molecule has 1 aromatic carbocycles. The summed E-state index contributed by atoms with van der Waals surface area (Å²) < 4.78 is 11.3. The van der Waals surface area contributed by atoms with E-state index in [1.807, 2.05) is 39.0 Å². The molecule has 0 heterocycles. The molecule has 0 bridgehead atoms. The van der Waals surface area contributed by atoms with E-state index in [4.69, 9.17) is 0 Å². The second-order valence-corrected chi connectivity index (χ2v) is 6.11. The first-order valence-electron chi connectivity index (χ1n) is 6.56. The molecule has 5 heteroatoms. The summed E-state index contributed by atoms with van der Waals surface area (Å²) in [5, 5.41) is 6.01. The van der Waals surface area contributed by atoms with Crippen LogP contribution in [0, 0.1) is 6.92 Å². The molecule has 0 spiro atoms. The third kappa shape index (κ3) is 5.03. The number of benzene rings is 1. The molecule has 19 heavy (non-hydrogen) atoms. The Morgan fingerprint density at radius 1 is 1.32 bits per heavy atom. The summed E-state index contributed by atoms with van der Waals surface area (Å²) in [5.74, 6) is 1.04. The van der Waals surface area contributed by atoms with Crippen LogP contribution < -0.4 is 10.6 Å². The zero-order valence-corrected chi connectivity index (χ0v) is 12.6. The molecule has 0 aliphatic rings. The predicted molar refractivity (Wildman–Crippen MR) is 81.2 cm³/mol. The molecule has 0 saturated carbocycles. The lowest BCUT2D eigenvalue weighted by Gasteiger charge is -2.10. The van der Waals surface area contributed by atoms with E-state index in [1.54, 1.807) is 0 Å². The smallest absolute Gasteiger partial charge is 0.251 e. The number of carbonyl (C=O) groups excluding carboxylic acids is 1. The fourth-order valence-corrected chi connectivity index (χ4v) is 2.37. The Morgan fingerprint density at radius 3 is 2.63 bits per heavy atom. The summed E-state index contributed by atoms with van der Waals surface area (Å²) in [6.45, 7) is 7.13. The van der Waals surface area contributed by atoms with Crippen LogP contribution in [0.2, 0.25) is 0 Å². The molecule has 0 aromatic heterocycles. The number of hydrogen-bond donors (Lipinski definition) is 2. The van der Waals surface area contributed by atoms with Gasteiger partial charge in [0.15, 0.2) is 0 Å². The fraction of sp³-hybridized carbons (Fsp3) is 0.500. The lowest BCUT2D eigenvalue weighted by atomic mass is 10.1. The number of rotatable bonds is 7. The molecule has 0 aliphatic heterocycles. The third-order valence-electron chi connectivity index (χ3n) is 2.79. The van der Waals surface area contributed by atoms with Crippen molar-refractivity contribution in [1.29, 1.82) is 0 Å². The summed E-state index contributed by atoms with van der Waals surface area (Å²) in [4.78, 5) is 12.0. The van der Waals surface area contributed by atoms with Gasteiger partial charge >= 0.3 is 0 Å². The number of anilines is 1. The number of carbonyl (C=O) groups is 1. The normalized spacial score (nSPS) is 11.9. The summed E-state index contributed by atoms with van der Waals surface area (Å²) in [6.07, 6.45) is 0. The minimum Gasteiger partial charge on any atom is -0.385 e. The maximum atomic E-state index is 12.0. The van der Waals surface area contributed by atoms with Crippen LogP contribution in [0.5, 0.6) is 0 Å². The highest BCUT2D eigenvalue weighted by atomic mass is 32.2. The lowest BCUT2D eigenvalue weighted by molar-refractivity contribution is 0.0955. The third-order valence-corrected chi connectivity index (χ3v) is 4.09. The van der Waals surface area contributed by atoms with Crippen LogP contribution >= 0.6 is 0 Å². The highest BCUT2D eigenvalue weighted by molar-refractivity contribution is 7.84. The molecule has 1 rings (SSSR count). The van der Waals surface area contributed by atoms with Gasteiger partial charge in [0.25, 0.3) is 5.91 Å². The van der Waals surface area contributed by atoms with Crippen LogP contribution in [0.15, 0.2) is 18.2 Å². The van der Waals surface area contributed by atoms with E-state index in [2.05, 4.69) is 10.6 Å². The first kappa shape index (κ1) is 15.7. The van der Waals surface area contributed by atoms with Crippen molar-refractivity contribution in [2.45, 2.75) is 20.8 Å². The molecular weight excluding hydrogens is 260 g/mol. The molecule has 0 radical (unpaired) electrons.